The van der Waals surface area contributed by atoms with Crippen LogP contribution in [0.2, 0.25) is 0 Å². The fourth-order valence-electron chi connectivity index (χ4n) is 3.74. The highest BCUT2D eigenvalue weighted by Gasteiger charge is 2.16. The molecule has 0 amide bonds. The molecule has 0 fully saturated rings. The SMILES string of the molecule is Nc1ncccc1-c1cc2ncc(-c3ccc(F)cc3)cc2n1-c1ccc(CO)cc1. The van der Waals surface area contributed by atoms with Crippen LogP contribution >= 0.6 is 0 Å². The van der Waals surface area contributed by atoms with Gasteiger partial charge in [0.25, 0.3) is 0 Å². The van der Waals surface area contributed by atoms with Crippen LogP contribution < -0.4 is 5.73 Å². The van der Waals surface area contributed by atoms with Crippen molar-refractivity contribution in [2.45, 2.75) is 6.61 Å². The fourth-order valence-corrected chi connectivity index (χ4v) is 3.74. The zero-order valence-corrected chi connectivity index (χ0v) is 16.5. The molecule has 152 valence electrons. The summed E-state index contributed by atoms with van der Waals surface area (Å²) in [7, 11) is 0. The van der Waals surface area contributed by atoms with E-state index in [9.17, 15) is 9.50 Å². The van der Waals surface area contributed by atoms with Gasteiger partial charge in [0.1, 0.15) is 11.6 Å². The van der Waals surface area contributed by atoms with Crippen LogP contribution in [0.25, 0.3) is 39.1 Å². The Kier molecular flexibility index (Phi) is 4.69. The average Bonchev–Trinajstić information content (AvgIpc) is 3.18. The summed E-state index contributed by atoms with van der Waals surface area (Å²) in [5, 5.41) is 9.41. The third-order valence-electron chi connectivity index (χ3n) is 5.32. The molecule has 0 saturated carbocycles. The van der Waals surface area contributed by atoms with E-state index in [0.717, 1.165) is 44.7 Å². The number of halogens is 1. The molecule has 31 heavy (non-hydrogen) atoms. The summed E-state index contributed by atoms with van der Waals surface area (Å²) >= 11 is 0. The molecule has 0 aliphatic carbocycles. The highest BCUT2D eigenvalue weighted by atomic mass is 19.1. The number of benzene rings is 2. The normalized spacial score (nSPS) is 11.2. The predicted molar refractivity (Wildman–Crippen MR) is 120 cm³/mol. The number of nitrogen functional groups attached to an aromatic ring is 1. The molecule has 0 aliphatic heterocycles. The monoisotopic (exact) mass is 410 g/mol. The number of aliphatic hydroxyl groups excluding tert-OH is 1. The van der Waals surface area contributed by atoms with Crippen molar-refractivity contribution in [2.24, 2.45) is 0 Å². The maximum Gasteiger partial charge on any atom is 0.132 e. The second kappa shape index (κ2) is 7.66. The van der Waals surface area contributed by atoms with Crippen molar-refractivity contribution in [3.05, 3.63) is 96.6 Å². The van der Waals surface area contributed by atoms with E-state index in [1.165, 1.54) is 12.1 Å². The lowest BCUT2D eigenvalue weighted by atomic mass is 10.1. The highest BCUT2D eigenvalue weighted by Crippen LogP contribution is 2.34. The van der Waals surface area contributed by atoms with Gasteiger partial charge in [-0.15, -0.1) is 0 Å². The summed E-state index contributed by atoms with van der Waals surface area (Å²) in [6.07, 6.45) is 3.44. The number of nitrogens with two attached hydrogens (primary N) is 1. The second-order valence-electron chi connectivity index (χ2n) is 7.26. The van der Waals surface area contributed by atoms with Crippen molar-refractivity contribution < 1.29 is 9.50 Å². The van der Waals surface area contributed by atoms with Crippen molar-refractivity contribution in [3.63, 3.8) is 0 Å². The predicted octanol–water partition coefficient (Wildman–Crippen LogP) is 4.97. The van der Waals surface area contributed by atoms with Gasteiger partial charge in [-0.3, -0.25) is 4.98 Å². The van der Waals surface area contributed by atoms with E-state index in [4.69, 9.17) is 5.73 Å². The Morgan fingerprint density at radius 1 is 0.903 bits per heavy atom. The Labute approximate surface area is 178 Å². The molecular weight excluding hydrogens is 391 g/mol. The van der Waals surface area contributed by atoms with Gasteiger partial charge in [0.05, 0.1) is 23.3 Å². The first-order valence-electron chi connectivity index (χ1n) is 9.82. The number of aliphatic hydroxyl groups is 1. The number of rotatable bonds is 4. The van der Waals surface area contributed by atoms with Crippen LogP contribution in [0.15, 0.2) is 85.2 Å². The highest BCUT2D eigenvalue weighted by molar-refractivity contribution is 5.90. The van der Waals surface area contributed by atoms with E-state index in [-0.39, 0.29) is 12.4 Å². The molecule has 6 heteroatoms. The average molecular weight is 410 g/mol. The summed E-state index contributed by atoms with van der Waals surface area (Å²) in [4.78, 5) is 8.90. The van der Waals surface area contributed by atoms with Gasteiger partial charge in [-0.25, -0.2) is 9.37 Å². The summed E-state index contributed by atoms with van der Waals surface area (Å²) in [5.41, 5.74) is 13.0. The Bertz CT molecular complexity index is 1380. The van der Waals surface area contributed by atoms with Crippen molar-refractivity contribution >= 4 is 16.9 Å². The van der Waals surface area contributed by atoms with Crippen LogP contribution in [-0.4, -0.2) is 19.6 Å². The molecule has 0 saturated heterocycles. The molecule has 5 aromatic rings. The van der Waals surface area contributed by atoms with E-state index in [2.05, 4.69) is 14.5 Å². The molecule has 0 aliphatic rings. The first-order chi connectivity index (χ1) is 15.1. The van der Waals surface area contributed by atoms with E-state index in [0.29, 0.717) is 5.82 Å². The number of fused-ring (bicyclic) bond motifs is 1. The maximum absolute atomic E-state index is 13.4. The Morgan fingerprint density at radius 3 is 2.39 bits per heavy atom. The number of aromatic nitrogens is 3. The molecule has 3 N–H and O–H groups in total. The van der Waals surface area contributed by atoms with Crippen molar-refractivity contribution in [1.29, 1.82) is 0 Å². The second-order valence-corrected chi connectivity index (χ2v) is 7.26. The van der Waals surface area contributed by atoms with E-state index >= 15 is 0 Å². The molecule has 3 aromatic heterocycles. The molecular formula is C25H19FN4O. The van der Waals surface area contributed by atoms with Crippen LogP contribution in [0, 0.1) is 5.82 Å². The van der Waals surface area contributed by atoms with E-state index < -0.39 is 0 Å². The van der Waals surface area contributed by atoms with Crippen LogP contribution in [0.1, 0.15) is 5.56 Å². The number of anilines is 1. The Balaban J connectivity index is 1.77. The number of nitrogens with zero attached hydrogens (tertiary/aromatic N) is 3. The van der Waals surface area contributed by atoms with Crippen molar-refractivity contribution in [2.75, 3.05) is 5.73 Å². The van der Waals surface area contributed by atoms with Gasteiger partial charge in [-0.05, 0) is 59.7 Å². The Morgan fingerprint density at radius 2 is 1.68 bits per heavy atom. The molecule has 0 atom stereocenters. The minimum atomic E-state index is -0.278. The topological polar surface area (TPSA) is 77.0 Å². The van der Waals surface area contributed by atoms with Gasteiger partial charge in [0.2, 0.25) is 0 Å². The molecule has 5 nitrogen and oxygen atoms in total. The van der Waals surface area contributed by atoms with Crippen molar-refractivity contribution in [3.8, 4) is 28.1 Å². The number of hydrogen-bond donors (Lipinski definition) is 2. The molecule has 0 radical (unpaired) electrons. The maximum atomic E-state index is 13.4. The third kappa shape index (κ3) is 3.43. The quantitative estimate of drug-likeness (QED) is 0.439. The van der Waals surface area contributed by atoms with Gasteiger partial charge in [0.15, 0.2) is 0 Å². The first kappa shape index (κ1) is 19.0. The smallest absolute Gasteiger partial charge is 0.132 e. The van der Waals surface area contributed by atoms with Crippen molar-refractivity contribution in [1.82, 2.24) is 14.5 Å². The van der Waals surface area contributed by atoms with Gasteiger partial charge in [0, 0.05) is 29.2 Å². The molecule has 0 bridgehead atoms. The lowest BCUT2D eigenvalue weighted by Crippen LogP contribution is -2.00. The number of pyridine rings is 2. The summed E-state index contributed by atoms with van der Waals surface area (Å²) < 4.78 is 15.4. The zero-order valence-electron chi connectivity index (χ0n) is 16.5. The minimum absolute atomic E-state index is 0.0224. The summed E-state index contributed by atoms with van der Waals surface area (Å²) in [6, 6.07) is 21.8. The van der Waals surface area contributed by atoms with E-state index in [1.54, 1.807) is 24.5 Å². The lowest BCUT2D eigenvalue weighted by Gasteiger charge is -2.13. The van der Waals surface area contributed by atoms with Crippen LogP contribution in [0.4, 0.5) is 10.2 Å². The molecule has 0 spiro atoms. The standard InChI is InChI=1S/C25H19FN4O/c26-19-7-5-17(6-8-19)18-12-24-22(29-14-18)13-23(21-2-1-11-28-25(21)27)30(24)20-9-3-16(15-31)4-10-20/h1-14,31H,15H2,(H2,27,28). The molecule has 5 rings (SSSR count). The third-order valence-corrected chi connectivity index (χ3v) is 5.32. The first-order valence-corrected chi connectivity index (χ1v) is 9.82. The lowest BCUT2D eigenvalue weighted by molar-refractivity contribution is 0.282. The Hall–Kier alpha value is -4.03. The fraction of sp³-hybridized carbons (Fsp3) is 0.0400. The molecule has 0 unspecified atom stereocenters. The molecule has 2 aromatic carbocycles. The van der Waals surface area contributed by atoms with Crippen LogP contribution in [0.5, 0.6) is 0 Å². The zero-order chi connectivity index (χ0) is 21.4. The number of hydrogen-bond acceptors (Lipinski definition) is 4. The van der Waals surface area contributed by atoms with E-state index in [1.807, 2.05) is 48.5 Å². The van der Waals surface area contributed by atoms with Crippen LogP contribution in [-0.2, 0) is 6.61 Å². The summed E-state index contributed by atoms with van der Waals surface area (Å²) in [6.45, 7) is -0.0224. The van der Waals surface area contributed by atoms with Gasteiger partial charge >= 0.3 is 0 Å². The largest absolute Gasteiger partial charge is 0.392 e. The van der Waals surface area contributed by atoms with Crippen LogP contribution in [0.3, 0.4) is 0 Å². The van der Waals surface area contributed by atoms with Gasteiger partial charge in [-0.2, -0.15) is 0 Å². The van der Waals surface area contributed by atoms with Gasteiger partial charge in [-0.1, -0.05) is 24.3 Å². The molecule has 3 heterocycles. The van der Waals surface area contributed by atoms with Gasteiger partial charge < -0.3 is 15.4 Å². The minimum Gasteiger partial charge on any atom is -0.392 e. The summed E-state index contributed by atoms with van der Waals surface area (Å²) in [5.74, 6) is 0.150.